The van der Waals surface area contributed by atoms with Gasteiger partial charge in [-0.1, -0.05) is 27.5 Å². The van der Waals surface area contributed by atoms with Gasteiger partial charge >= 0.3 is 5.97 Å². The predicted octanol–water partition coefficient (Wildman–Crippen LogP) is 3.94. The molecule has 0 saturated carbocycles. The second kappa shape index (κ2) is 9.03. The average Bonchev–Trinajstić information content (AvgIpc) is 2.61. The van der Waals surface area contributed by atoms with Gasteiger partial charge in [0, 0.05) is 4.47 Å². The fraction of sp³-hybridized carbons (Fsp3) is 0.118. The van der Waals surface area contributed by atoms with Crippen LogP contribution in [-0.2, 0) is 0 Å². The van der Waals surface area contributed by atoms with E-state index in [1.807, 2.05) is 0 Å². The highest BCUT2D eigenvalue weighted by molar-refractivity contribution is 9.10. The lowest BCUT2D eigenvalue weighted by molar-refractivity contribution is 0.0696. The summed E-state index contributed by atoms with van der Waals surface area (Å²) in [4.78, 5) is 23.7. The lowest BCUT2D eigenvalue weighted by Gasteiger charge is -2.15. The van der Waals surface area contributed by atoms with Gasteiger partial charge in [0.05, 0.1) is 36.1 Å². The third kappa shape index (κ3) is 5.09. The van der Waals surface area contributed by atoms with Crippen LogP contribution in [0.3, 0.4) is 0 Å². The molecule has 2 rings (SSSR count). The van der Waals surface area contributed by atoms with Crippen molar-refractivity contribution < 1.29 is 24.2 Å². The lowest BCUT2D eigenvalue weighted by atomic mass is 10.2. The minimum Gasteiger partial charge on any atom is -0.496 e. The zero-order valence-electron chi connectivity index (χ0n) is 14.1. The smallest absolute Gasteiger partial charge is 0.335 e. The van der Waals surface area contributed by atoms with E-state index in [9.17, 15) is 9.59 Å². The van der Waals surface area contributed by atoms with Gasteiger partial charge in [0.2, 0.25) is 0 Å². The summed E-state index contributed by atoms with van der Waals surface area (Å²) >= 11 is 14.5. The minimum atomic E-state index is -1.17. The van der Waals surface area contributed by atoms with Crippen LogP contribution in [0.2, 0.25) is 5.02 Å². The van der Waals surface area contributed by atoms with Crippen molar-refractivity contribution in [3.05, 3.63) is 51.0 Å². The van der Waals surface area contributed by atoms with Gasteiger partial charge < -0.3 is 19.9 Å². The van der Waals surface area contributed by atoms with Crippen molar-refractivity contribution >= 4 is 62.4 Å². The number of ether oxygens (including phenoxy) is 2. The van der Waals surface area contributed by atoms with E-state index in [0.29, 0.717) is 10.2 Å². The quantitative estimate of drug-likeness (QED) is 0.566. The first-order chi connectivity index (χ1) is 12.8. The molecule has 0 aliphatic rings. The van der Waals surface area contributed by atoms with E-state index in [1.54, 1.807) is 18.2 Å². The third-order valence-corrected chi connectivity index (χ3v) is 4.35. The van der Waals surface area contributed by atoms with Gasteiger partial charge in [-0.2, -0.15) is 0 Å². The monoisotopic (exact) mass is 472 g/mol. The number of carbonyl (C=O) groups excluding carboxylic acids is 1. The molecule has 0 aromatic heterocycles. The van der Waals surface area contributed by atoms with Crippen molar-refractivity contribution in [1.82, 2.24) is 5.32 Å². The first kappa shape index (κ1) is 20.9. The van der Waals surface area contributed by atoms with Crippen molar-refractivity contribution in [3.63, 3.8) is 0 Å². The number of nitrogens with one attached hydrogen (secondary N) is 2. The fourth-order valence-electron chi connectivity index (χ4n) is 2.20. The number of halogens is 2. The Labute approximate surface area is 173 Å². The van der Waals surface area contributed by atoms with E-state index in [-0.39, 0.29) is 32.7 Å². The molecule has 0 atom stereocenters. The molecule has 0 bridgehead atoms. The summed E-state index contributed by atoms with van der Waals surface area (Å²) in [5.74, 6) is -1.12. The van der Waals surface area contributed by atoms with Crippen molar-refractivity contribution in [2.45, 2.75) is 0 Å². The van der Waals surface area contributed by atoms with E-state index in [0.717, 1.165) is 0 Å². The predicted molar refractivity (Wildman–Crippen MR) is 109 cm³/mol. The van der Waals surface area contributed by atoms with Crippen LogP contribution in [0.5, 0.6) is 11.5 Å². The Morgan fingerprint density at radius 3 is 2.48 bits per heavy atom. The lowest BCUT2D eigenvalue weighted by Crippen LogP contribution is -2.34. The normalized spacial score (nSPS) is 10.1. The standard InChI is InChI=1S/C17H14BrClN2O5S/c1-25-13-4-3-9(18)7-10(13)15(22)21-17(27)20-12-6-8(16(23)24)5-11(19)14(12)26-2/h3-7H,1-2H3,(H,23,24)(H2,20,21,22,27). The Bertz CT molecular complexity index is 922. The summed E-state index contributed by atoms with van der Waals surface area (Å²) in [6.07, 6.45) is 0. The minimum absolute atomic E-state index is 0.0638. The molecule has 0 radical (unpaired) electrons. The molecular formula is C17H14BrClN2O5S. The topological polar surface area (TPSA) is 96.9 Å². The molecule has 27 heavy (non-hydrogen) atoms. The van der Waals surface area contributed by atoms with Crippen LogP contribution in [-0.4, -0.2) is 36.3 Å². The molecule has 2 aromatic carbocycles. The van der Waals surface area contributed by atoms with Crippen LogP contribution in [0.4, 0.5) is 5.69 Å². The van der Waals surface area contributed by atoms with Gasteiger partial charge in [-0.05, 0) is 42.5 Å². The van der Waals surface area contributed by atoms with Gasteiger partial charge in [0.15, 0.2) is 10.9 Å². The number of methoxy groups -OCH3 is 2. The van der Waals surface area contributed by atoms with Gasteiger partial charge in [0.1, 0.15) is 5.75 Å². The van der Waals surface area contributed by atoms with E-state index < -0.39 is 11.9 Å². The molecule has 0 unspecified atom stereocenters. The molecular weight excluding hydrogens is 460 g/mol. The number of amides is 1. The highest BCUT2D eigenvalue weighted by atomic mass is 79.9. The van der Waals surface area contributed by atoms with Gasteiger partial charge in [-0.15, -0.1) is 0 Å². The van der Waals surface area contributed by atoms with E-state index in [2.05, 4.69) is 26.6 Å². The van der Waals surface area contributed by atoms with E-state index >= 15 is 0 Å². The van der Waals surface area contributed by atoms with Crippen LogP contribution >= 0.6 is 39.7 Å². The first-order valence-electron chi connectivity index (χ1n) is 7.33. The third-order valence-electron chi connectivity index (χ3n) is 3.38. The number of benzene rings is 2. The molecule has 0 aliphatic carbocycles. The molecule has 7 nitrogen and oxygen atoms in total. The first-order valence-corrected chi connectivity index (χ1v) is 8.91. The molecule has 0 spiro atoms. The molecule has 3 N–H and O–H groups in total. The number of thiocarbonyl (C=S) groups is 1. The Morgan fingerprint density at radius 2 is 1.89 bits per heavy atom. The second-order valence-corrected chi connectivity index (χ2v) is 6.83. The summed E-state index contributed by atoms with van der Waals surface area (Å²) in [5, 5.41) is 14.4. The number of carboxylic acid groups (broad SMARTS) is 1. The fourth-order valence-corrected chi connectivity index (χ4v) is 3.06. The van der Waals surface area contributed by atoms with Crippen LogP contribution < -0.4 is 20.1 Å². The van der Waals surface area contributed by atoms with Crippen LogP contribution in [0.1, 0.15) is 20.7 Å². The largest absolute Gasteiger partial charge is 0.496 e. The molecule has 0 saturated heterocycles. The summed E-state index contributed by atoms with van der Waals surface area (Å²) in [6.45, 7) is 0. The molecule has 0 aliphatic heterocycles. The summed E-state index contributed by atoms with van der Waals surface area (Å²) < 4.78 is 11.0. The van der Waals surface area contributed by atoms with E-state index in [4.69, 9.17) is 38.4 Å². The SMILES string of the molecule is COc1ccc(Br)cc1C(=O)NC(=S)Nc1cc(C(=O)O)cc(Cl)c1OC. The summed E-state index contributed by atoms with van der Waals surface area (Å²) in [6, 6.07) is 7.50. The maximum Gasteiger partial charge on any atom is 0.335 e. The Balaban J connectivity index is 2.24. The van der Waals surface area contributed by atoms with Crippen molar-refractivity contribution in [2.75, 3.05) is 19.5 Å². The molecule has 0 fully saturated rings. The van der Waals surface area contributed by atoms with Gasteiger partial charge in [0.25, 0.3) is 5.91 Å². The maximum atomic E-state index is 12.5. The number of carboxylic acids is 1. The second-order valence-electron chi connectivity index (χ2n) is 5.10. The average molecular weight is 474 g/mol. The maximum absolute atomic E-state index is 12.5. The number of carbonyl (C=O) groups is 2. The van der Waals surface area contributed by atoms with Crippen LogP contribution in [0.15, 0.2) is 34.8 Å². The molecule has 2 aromatic rings. The Morgan fingerprint density at radius 1 is 1.19 bits per heavy atom. The molecule has 0 heterocycles. The number of hydrogen-bond acceptors (Lipinski definition) is 5. The summed E-state index contributed by atoms with van der Waals surface area (Å²) in [5.41, 5.74) is 0.403. The molecule has 142 valence electrons. The van der Waals surface area contributed by atoms with Gasteiger partial charge in [-0.25, -0.2) is 4.79 Å². The van der Waals surface area contributed by atoms with Crippen molar-refractivity contribution in [3.8, 4) is 11.5 Å². The van der Waals surface area contributed by atoms with E-state index in [1.165, 1.54) is 26.4 Å². The highest BCUT2D eigenvalue weighted by Crippen LogP contribution is 2.34. The molecule has 1 amide bonds. The zero-order chi connectivity index (χ0) is 20.1. The summed E-state index contributed by atoms with van der Waals surface area (Å²) in [7, 11) is 2.82. The highest BCUT2D eigenvalue weighted by Gasteiger charge is 2.18. The van der Waals surface area contributed by atoms with Crippen LogP contribution in [0.25, 0.3) is 0 Å². The van der Waals surface area contributed by atoms with Gasteiger partial charge in [-0.3, -0.25) is 10.1 Å². The molecule has 10 heteroatoms. The number of rotatable bonds is 5. The van der Waals surface area contributed by atoms with Crippen molar-refractivity contribution in [2.24, 2.45) is 0 Å². The Hall–Kier alpha value is -2.36. The number of hydrogen-bond donors (Lipinski definition) is 3. The van der Waals surface area contributed by atoms with Crippen molar-refractivity contribution in [1.29, 1.82) is 0 Å². The Kier molecular flexibility index (Phi) is 7.00. The number of aromatic carboxylic acids is 1. The zero-order valence-corrected chi connectivity index (χ0v) is 17.3. The van der Waals surface area contributed by atoms with Crippen LogP contribution in [0, 0.1) is 0 Å². The number of anilines is 1.